The molecule has 0 radical (unpaired) electrons. The molecule has 2 heterocycles. The smallest absolute Gasteiger partial charge is 0.0547 e. The number of para-hydroxylation sites is 2. The lowest BCUT2D eigenvalue weighted by atomic mass is 9.78. The first kappa shape index (κ1) is 27.3. The summed E-state index contributed by atoms with van der Waals surface area (Å²) in [5.74, 6) is -0.0300. The maximum Gasteiger partial charge on any atom is 0.0547 e. The van der Waals surface area contributed by atoms with Gasteiger partial charge in [0.05, 0.1) is 11.0 Å². The van der Waals surface area contributed by atoms with E-state index in [2.05, 4.69) is 133 Å². The van der Waals surface area contributed by atoms with E-state index in [9.17, 15) is 0 Å². The molecule has 9 rings (SSSR count). The van der Waals surface area contributed by atoms with Crippen molar-refractivity contribution in [3.63, 3.8) is 0 Å². The Morgan fingerprint density at radius 1 is 0.500 bits per heavy atom. The van der Waals surface area contributed by atoms with Crippen molar-refractivity contribution in [3.05, 3.63) is 154 Å². The monoisotopic (exact) mass is 612 g/mol. The lowest BCUT2D eigenvalue weighted by molar-refractivity contribution is 1.00. The van der Waals surface area contributed by atoms with Crippen LogP contribution in [0.1, 0.15) is 47.6 Å². The van der Waals surface area contributed by atoms with E-state index in [1.54, 1.807) is 0 Å². The van der Waals surface area contributed by atoms with Gasteiger partial charge < -0.3 is 9.97 Å². The van der Waals surface area contributed by atoms with Crippen LogP contribution in [0.15, 0.2) is 121 Å². The van der Waals surface area contributed by atoms with Gasteiger partial charge in [-0.05, 0) is 87.8 Å². The number of H-pyrrole nitrogens is 2. The fourth-order valence-corrected chi connectivity index (χ4v) is 8.13. The highest BCUT2D eigenvalue weighted by atomic mass is 35.5. The first-order valence-corrected chi connectivity index (χ1v) is 16.7. The number of benzene rings is 7. The molecule has 0 saturated heterocycles. The van der Waals surface area contributed by atoms with Gasteiger partial charge in [-0.3, -0.25) is 0 Å². The summed E-state index contributed by atoms with van der Waals surface area (Å²) in [6, 6.07) is 44.5. The van der Waals surface area contributed by atoms with Gasteiger partial charge in [0.2, 0.25) is 0 Å². The van der Waals surface area contributed by atoms with Gasteiger partial charge in [0.1, 0.15) is 0 Å². The van der Waals surface area contributed by atoms with Crippen LogP contribution in [0, 0.1) is 0 Å². The molecule has 0 atom stereocenters. The zero-order valence-electron chi connectivity index (χ0n) is 25.9. The highest BCUT2D eigenvalue weighted by molar-refractivity contribution is 6.30. The number of fused-ring (bicyclic) bond motifs is 10. The zero-order chi connectivity index (χ0) is 30.9. The molecule has 2 N–H and O–H groups in total. The van der Waals surface area contributed by atoms with Crippen molar-refractivity contribution in [2.75, 3.05) is 0 Å². The molecule has 0 aliphatic heterocycles. The van der Waals surface area contributed by atoms with Gasteiger partial charge in [-0.2, -0.15) is 0 Å². The minimum Gasteiger partial charge on any atom is -0.354 e. The lowest BCUT2D eigenvalue weighted by Gasteiger charge is -2.25. The fourth-order valence-electron chi connectivity index (χ4n) is 8.01. The molecule has 7 aromatic carbocycles. The third-order valence-corrected chi connectivity index (χ3v) is 10.4. The van der Waals surface area contributed by atoms with Crippen LogP contribution in [0.2, 0.25) is 5.02 Å². The predicted molar refractivity (Wildman–Crippen MR) is 198 cm³/mol. The van der Waals surface area contributed by atoms with Crippen molar-refractivity contribution < 1.29 is 0 Å². The summed E-state index contributed by atoms with van der Waals surface area (Å²) in [5.41, 5.74) is 11.3. The minimum absolute atomic E-state index is 0.0300. The molecule has 0 aliphatic carbocycles. The quantitative estimate of drug-likeness (QED) is 0.181. The number of aromatic amines is 2. The molecule has 2 aromatic heterocycles. The summed E-state index contributed by atoms with van der Waals surface area (Å²) in [6.45, 7) is 4.52. The lowest BCUT2D eigenvalue weighted by Crippen LogP contribution is -2.06. The second kappa shape index (κ2) is 10.5. The number of nitrogens with one attached hydrogen (secondary N) is 2. The average Bonchev–Trinajstić information content (AvgIpc) is 3.67. The van der Waals surface area contributed by atoms with Gasteiger partial charge in [0.15, 0.2) is 0 Å². The summed E-state index contributed by atoms with van der Waals surface area (Å²) in [5, 5.41) is 11.0. The number of aromatic nitrogens is 2. The van der Waals surface area contributed by atoms with E-state index in [0.29, 0.717) is 0 Å². The Kier molecular flexibility index (Phi) is 6.23. The van der Waals surface area contributed by atoms with Crippen LogP contribution in [-0.2, 0) is 12.8 Å². The number of hydrogen-bond acceptors (Lipinski definition) is 0. The molecular weight excluding hydrogens is 580 g/mol. The molecule has 0 bridgehead atoms. The van der Waals surface area contributed by atoms with Gasteiger partial charge in [-0.15, -0.1) is 0 Å². The molecule has 46 heavy (non-hydrogen) atoms. The van der Waals surface area contributed by atoms with Crippen molar-refractivity contribution in [2.45, 2.75) is 32.6 Å². The zero-order valence-corrected chi connectivity index (χ0v) is 26.7. The molecule has 0 amide bonds. The Labute approximate surface area is 272 Å². The van der Waals surface area contributed by atoms with Crippen LogP contribution in [0.3, 0.4) is 0 Å². The van der Waals surface area contributed by atoms with Crippen LogP contribution < -0.4 is 0 Å². The molecule has 0 unspecified atom stereocenters. The van der Waals surface area contributed by atoms with Crippen molar-refractivity contribution in [3.8, 4) is 0 Å². The van der Waals surface area contributed by atoms with E-state index in [4.69, 9.17) is 11.6 Å². The Morgan fingerprint density at radius 2 is 0.957 bits per heavy atom. The molecule has 0 aliphatic rings. The van der Waals surface area contributed by atoms with Crippen molar-refractivity contribution in [1.29, 1.82) is 0 Å². The molecule has 0 fully saturated rings. The molecule has 0 saturated carbocycles. The summed E-state index contributed by atoms with van der Waals surface area (Å²) in [7, 11) is 0. The van der Waals surface area contributed by atoms with Crippen LogP contribution in [-0.4, -0.2) is 9.97 Å². The minimum atomic E-state index is -0.0300. The summed E-state index contributed by atoms with van der Waals surface area (Å²) in [4.78, 5) is 7.63. The largest absolute Gasteiger partial charge is 0.354 e. The highest BCUT2D eigenvalue weighted by Crippen LogP contribution is 2.46. The summed E-state index contributed by atoms with van der Waals surface area (Å²) < 4.78 is 0. The van der Waals surface area contributed by atoms with Crippen LogP contribution in [0.4, 0.5) is 0 Å². The van der Waals surface area contributed by atoms with Gasteiger partial charge in [0.25, 0.3) is 0 Å². The summed E-state index contributed by atoms with van der Waals surface area (Å²) in [6.07, 6.45) is 1.92. The average molecular weight is 613 g/mol. The number of rotatable bonds is 5. The number of halogens is 1. The van der Waals surface area contributed by atoms with Crippen LogP contribution in [0.25, 0.3) is 65.2 Å². The van der Waals surface area contributed by atoms with Gasteiger partial charge >= 0.3 is 0 Å². The highest BCUT2D eigenvalue weighted by Gasteiger charge is 2.26. The second-order valence-corrected chi connectivity index (χ2v) is 12.9. The third kappa shape index (κ3) is 3.96. The second-order valence-electron chi connectivity index (χ2n) is 12.5. The third-order valence-electron chi connectivity index (χ3n) is 10.1. The van der Waals surface area contributed by atoms with E-state index < -0.39 is 0 Å². The molecular formula is C43H33ClN2. The molecule has 0 spiro atoms. The number of aryl methyl sites for hydroxylation is 2. The maximum absolute atomic E-state index is 6.53. The van der Waals surface area contributed by atoms with E-state index in [0.717, 1.165) is 17.9 Å². The van der Waals surface area contributed by atoms with E-state index in [1.807, 2.05) is 12.1 Å². The molecule has 3 heteroatoms. The maximum atomic E-state index is 6.53. The Morgan fingerprint density at radius 3 is 1.43 bits per heavy atom. The summed E-state index contributed by atoms with van der Waals surface area (Å²) >= 11 is 6.53. The first-order chi connectivity index (χ1) is 22.6. The van der Waals surface area contributed by atoms with Crippen LogP contribution >= 0.6 is 11.6 Å². The van der Waals surface area contributed by atoms with Crippen molar-refractivity contribution in [1.82, 2.24) is 9.97 Å². The molecule has 9 aromatic rings. The fraction of sp³-hybridized carbons (Fsp3) is 0.116. The van der Waals surface area contributed by atoms with Gasteiger partial charge in [-0.25, -0.2) is 0 Å². The van der Waals surface area contributed by atoms with Gasteiger partial charge in [0, 0.05) is 54.3 Å². The first-order valence-electron chi connectivity index (χ1n) is 16.3. The van der Waals surface area contributed by atoms with Crippen molar-refractivity contribution >= 4 is 76.8 Å². The Balaban J connectivity index is 1.49. The Hall–Kier alpha value is -5.05. The normalized spacial score (nSPS) is 12.2. The Bertz CT molecular complexity index is 2460. The van der Waals surface area contributed by atoms with E-state index in [1.165, 1.54) is 93.0 Å². The van der Waals surface area contributed by atoms with Crippen LogP contribution in [0.5, 0.6) is 0 Å². The van der Waals surface area contributed by atoms with Gasteiger partial charge in [-0.1, -0.05) is 110 Å². The standard InChI is InChI=1S/C43H33ClN2/c1-3-25-11-9-15-31-33(23-35-29-13-5-7-17-37(29)45-42(35)40(25)31)39(27-19-21-28(44)22-20-27)34-24-36-30-14-6-8-18-38(30)46-43(36)41-26(4-2)12-10-16-32(34)41/h5-24,39,45-46H,3-4H2,1-2H3. The topological polar surface area (TPSA) is 31.6 Å². The van der Waals surface area contributed by atoms with Crippen molar-refractivity contribution in [2.24, 2.45) is 0 Å². The predicted octanol–water partition coefficient (Wildman–Crippen LogP) is 12.2. The molecule has 2 nitrogen and oxygen atoms in total. The van der Waals surface area contributed by atoms with E-state index >= 15 is 0 Å². The molecule has 222 valence electrons. The SMILES string of the molecule is CCc1cccc2c(C(c3ccc(Cl)cc3)c3cc4c5ccccc5[nH]c4c4c(CC)cccc34)cc3c4ccccc4[nH]c3c12. The van der Waals surface area contributed by atoms with E-state index in [-0.39, 0.29) is 5.92 Å². The number of hydrogen-bond donors (Lipinski definition) is 2.